The molecule has 1 aromatic heterocycles. The van der Waals surface area contributed by atoms with Gasteiger partial charge in [0.25, 0.3) is 0 Å². The Hall–Kier alpha value is -1.88. The van der Waals surface area contributed by atoms with Crippen molar-refractivity contribution in [3.63, 3.8) is 0 Å². The number of aromatic nitrogens is 2. The molecule has 0 bridgehead atoms. The normalized spacial score (nSPS) is 12.4. The van der Waals surface area contributed by atoms with Gasteiger partial charge in [-0.3, -0.25) is 0 Å². The molecule has 2 aromatic rings. The molecule has 0 saturated heterocycles. The molecule has 4 nitrogen and oxygen atoms in total. The van der Waals surface area contributed by atoms with Gasteiger partial charge >= 0.3 is 0 Å². The van der Waals surface area contributed by atoms with Crippen molar-refractivity contribution >= 4 is 0 Å². The van der Waals surface area contributed by atoms with Gasteiger partial charge in [-0.15, -0.1) is 0 Å². The Morgan fingerprint density at radius 1 is 1.47 bits per heavy atom. The molecule has 0 spiro atoms. The number of aryl methyl sites for hydroxylation is 1. The van der Waals surface area contributed by atoms with Crippen LogP contribution in [-0.4, -0.2) is 23.2 Å². The van der Waals surface area contributed by atoms with E-state index >= 15 is 0 Å². The van der Waals surface area contributed by atoms with E-state index in [4.69, 9.17) is 4.74 Å². The molecule has 0 aliphatic rings. The Kier molecular flexibility index (Phi) is 4.16. The van der Waals surface area contributed by atoms with Crippen LogP contribution in [-0.2, 0) is 7.05 Å². The number of imidazole rings is 1. The Labute approximate surface area is 112 Å². The number of hydrogen-bond donors (Lipinski definition) is 1. The Morgan fingerprint density at radius 3 is 2.84 bits per heavy atom. The molecule has 1 aromatic carbocycles. The van der Waals surface area contributed by atoms with Crippen molar-refractivity contribution in [3.05, 3.63) is 47.8 Å². The maximum Gasteiger partial charge on any atom is 0.165 e. The second-order valence-electron chi connectivity index (χ2n) is 4.28. The number of hydrogen-bond acceptors (Lipinski definition) is 3. The largest absolute Gasteiger partial charge is 0.494 e. The average molecular weight is 263 g/mol. The minimum absolute atomic E-state index is 0.0838. The van der Waals surface area contributed by atoms with Gasteiger partial charge in [0.05, 0.1) is 13.2 Å². The van der Waals surface area contributed by atoms with E-state index in [1.54, 1.807) is 18.3 Å². The molecule has 1 N–H and O–H groups in total. The average Bonchev–Trinajstić information content (AvgIpc) is 2.83. The molecule has 0 fully saturated rings. The van der Waals surface area contributed by atoms with Crippen LogP contribution in [0.3, 0.4) is 0 Å². The maximum absolute atomic E-state index is 13.5. The second-order valence-corrected chi connectivity index (χ2v) is 4.28. The standard InChI is InChI=1S/C14H18FN3O/c1-4-16-13(14-17-7-8-18(14)2)10-5-6-11(15)12(9-10)19-3/h5-9,13,16H,4H2,1-3H3. The number of nitrogens with one attached hydrogen (secondary N) is 1. The van der Waals surface area contributed by atoms with Gasteiger partial charge in [0.2, 0.25) is 0 Å². The van der Waals surface area contributed by atoms with Gasteiger partial charge in [0.15, 0.2) is 11.6 Å². The fourth-order valence-corrected chi connectivity index (χ4v) is 2.07. The summed E-state index contributed by atoms with van der Waals surface area (Å²) in [5, 5.41) is 3.35. The zero-order chi connectivity index (χ0) is 13.8. The van der Waals surface area contributed by atoms with E-state index in [2.05, 4.69) is 10.3 Å². The van der Waals surface area contributed by atoms with Gasteiger partial charge in [0.1, 0.15) is 5.82 Å². The first-order valence-electron chi connectivity index (χ1n) is 6.21. The van der Waals surface area contributed by atoms with Crippen LogP contribution in [0.25, 0.3) is 0 Å². The molecule has 0 aliphatic heterocycles. The highest BCUT2D eigenvalue weighted by atomic mass is 19.1. The topological polar surface area (TPSA) is 39.1 Å². The molecule has 0 aliphatic carbocycles. The van der Waals surface area contributed by atoms with E-state index in [1.807, 2.05) is 24.7 Å². The SMILES string of the molecule is CCNC(c1ccc(F)c(OC)c1)c1nccn1C. The molecule has 0 amide bonds. The van der Waals surface area contributed by atoms with Crippen LogP contribution in [0, 0.1) is 5.82 Å². The van der Waals surface area contributed by atoms with E-state index in [0.29, 0.717) is 0 Å². The number of ether oxygens (including phenoxy) is 1. The van der Waals surface area contributed by atoms with Crippen LogP contribution in [0.1, 0.15) is 24.4 Å². The van der Waals surface area contributed by atoms with Crippen molar-refractivity contribution in [1.29, 1.82) is 0 Å². The van der Waals surface area contributed by atoms with Gasteiger partial charge in [-0.05, 0) is 24.2 Å². The van der Waals surface area contributed by atoms with Crippen molar-refractivity contribution in [2.24, 2.45) is 7.05 Å². The minimum atomic E-state index is -0.360. The van der Waals surface area contributed by atoms with Crippen molar-refractivity contribution in [2.45, 2.75) is 13.0 Å². The summed E-state index contributed by atoms with van der Waals surface area (Å²) in [5.74, 6) is 0.770. The monoisotopic (exact) mass is 263 g/mol. The summed E-state index contributed by atoms with van der Waals surface area (Å²) in [5.41, 5.74) is 0.925. The van der Waals surface area contributed by atoms with Gasteiger partial charge in [0, 0.05) is 19.4 Å². The first-order chi connectivity index (χ1) is 9.17. The number of nitrogens with zero attached hydrogens (tertiary/aromatic N) is 2. The van der Waals surface area contributed by atoms with E-state index in [0.717, 1.165) is 17.9 Å². The highest BCUT2D eigenvalue weighted by Crippen LogP contribution is 2.26. The van der Waals surface area contributed by atoms with Crippen molar-refractivity contribution < 1.29 is 9.13 Å². The molecule has 0 radical (unpaired) electrons. The summed E-state index contributed by atoms with van der Waals surface area (Å²) >= 11 is 0. The summed E-state index contributed by atoms with van der Waals surface area (Å²) in [6.07, 6.45) is 3.64. The van der Waals surface area contributed by atoms with Gasteiger partial charge < -0.3 is 14.6 Å². The molecule has 102 valence electrons. The zero-order valence-electron chi connectivity index (χ0n) is 11.4. The van der Waals surface area contributed by atoms with Gasteiger partial charge in [-0.1, -0.05) is 13.0 Å². The molecule has 5 heteroatoms. The summed E-state index contributed by atoms with van der Waals surface area (Å²) in [6.45, 7) is 2.81. The van der Waals surface area contributed by atoms with E-state index in [-0.39, 0.29) is 17.6 Å². The molecular formula is C14H18FN3O. The first kappa shape index (κ1) is 13.5. The summed E-state index contributed by atoms with van der Waals surface area (Å²) in [4.78, 5) is 4.35. The van der Waals surface area contributed by atoms with Crippen molar-refractivity contribution in [3.8, 4) is 5.75 Å². The zero-order valence-corrected chi connectivity index (χ0v) is 11.4. The van der Waals surface area contributed by atoms with Crippen LogP contribution in [0.5, 0.6) is 5.75 Å². The van der Waals surface area contributed by atoms with Crippen molar-refractivity contribution in [2.75, 3.05) is 13.7 Å². The smallest absolute Gasteiger partial charge is 0.165 e. The fourth-order valence-electron chi connectivity index (χ4n) is 2.07. The summed E-state index contributed by atoms with van der Waals surface area (Å²) < 4.78 is 20.5. The molecule has 19 heavy (non-hydrogen) atoms. The third kappa shape index (κ3) is 2.76. The third-order valence-electron chi connectivity index (χ3n) is 3.03. The highest BCUT2D eigenvalue weighted by Gasteiger charge is 2.18. The van der Waals surface area contributed by atoms with Gasteiger partial charge in [-0.2, -0.15) is 0 Å². The second kappa shape index (κ2) is 5.84. The number of benzene rings is 1. The third-order valence-corrected chi connectivity index (χ3v) is 3.03. The van der Waals surface area contributed by atoms with Crippen LogP contribution >= 0.6 is 0 Å². The quantitative estimate of drug-likeness (QED) is 0.899. The summed E-state index contributed by atoms with van der Waals surface area (Å²) in [7, 11) is 3.40. The van der Waals surface area contributed by atoms with Crippen molar-refractivity contribution in [1.82, 2.24) is 14.9 Å². The predicted molar refractivity (Wildman–Crippen MR) is 71.7 cm³/mol. The summed E-state index contributed by atoms with van der Waals surface area (Å²) in [6, 6.07) is 4.79. The van der Waals surface area contributed by atoms with Crippen LogP contribution in [0.4, 0.5) is 4.39 Å². The first-order valence-corrected chi connectivity index (χ1v) is 6.21. The van der Waals surface area contributed by atoms with Gasteiger partial charge in [-0.25, -0.2) is 9.37 Å². The Morgan fingerprint density at radius 2 is 2.26 bits per heavy atom. The molecule has 1 unspecified atom stereocenters. The van der Waals surface area contributed by atoms with E-state index < -0.39 is 0 Å². The highest BCUT2D eigenvalue weighted by molar-refractivity contribution is 5.34. The lowest BCUT2D eigenvalue weighted by Crippen LogP contribution is -2.24. The lowest BCUT2D eigenvalue weighted by molar-refractivity contribution is 0.385. The van der Waals surface area contributed by atoms with E-state index in [1.165, 1.54) is 13.2 Å². The van der Waals surface area contributed by atoms with Crippen LogP contribution in [0.2, 0.25) is 0 Å². The Balaban J connectivity index is 2.42. The number of methoxy groups -OCH3 is 1. The fraction of sp³-hybridized carbons (Fsp3) is 0.357. The lowest BCUT2D eigenvalue weighted by Gasteiger charge is -2.19. The molecule has 2 rings (SSSR count). The minimum Gasteiger partial charge on any atom is -0.494 e. The van der Waals surface area contributed by atoms with Crippen LogP contribution in [0.15, 0.2) is 30.6 Å². The molecule has 1 atom stereocenters. The van der Waals surface area contributed by atoms with Crippen LogP contribution < -0.4 is 10.1 Å². The molecule has 1 heterocycles. The Bertz CT molecular complexity index is 553. The molecule has 0 saturated carbocycles. The lowest BCUT2D eigenvalue weighted by atomic mass is 10.1. The molecular weight excluding hydrogens is 245 g/mol. The number of halogens is 1. The maximum atomic E-state index is 13.5. The predicted octanol–water partition coefficient (Wildman–Crippen LogP) is 2.27. The number of rotatable bonds is 5. The van der Waals surface area contributed by atoms with E-state index in [9.17, 15) is 4.39 Å².